The molecular formula is C21H27N3O2. The van der Waals surface area contributed by atoms with Crippen LogP contribution < -0.4 is 0 Å². The lowest BCUT2D eigenvalue weighted by Crippen LogP contribution is -2.41. The van der Waals surface area contributed by atoms with Crippen molar-refractivity contribution in [3.63, 3.8) is 0 Å². The van der Waals surface area contributed by atoms with Gasteiger partial charge in [0.05, 0.1) is 11.1 Å². The van der Waals surface area contributed by atoms with E-state index in [0.717, 1.165) is 52.7 Å². The molecule has 0 atom stereocenters. The van der Waals surface area contributed by atoms with Gasteiger partial charge in [-0.3, -0.25) is 14.6 Å². The molecule has 2 amide bonds. The minimum absolute atomic E-state index is 0.00643. The molecule has 2 aromatic rings. The third-order valence-electron chi connectivity index (χ3n) is 5.31. The maximum absolute atomic E-state index is 13.2. The molecule has 0 aliphatic carbocycles. The number of nitrogens with zero attached hydrogens (tertiary/aromatic N) is 3. The second-order valence-electron chi connectivity index (χ2n) is 7.28. The van der Waals surface area contributed by atoms with E-state index < -0.39 is 0 Å². The van der Waals surface area contributed by atoms with Crippen molar-refractivity contribution in [1.29, 1.82) is 0 Å². The van der Waals surface area contributed by atoms with Crippen molar-refractivity contribution in [3.05, 3.63) is 40.6 Å². The molecule has 1 fully saturated rings. The molecule has 0 spiro atoms. The highest BCUT2D eigenvalue weighted by Crippen LogP contribution is 2.25. The van der Waals surface area contributed by atoms with Crippen LogP contribution in [0.15, 0.2) is 18.2 Å². The highest BCUT2D eigenvalue weighted by Gasteiger charge is 2.22. The van der Waals surface area contributed by atoms with E-state index in [2.05, 4.69) is 4.98 Å². The number of hydrogen-bond acceptors (Lipinski definition) is 3. The topological polar surface area (TPSA) is 53.5 Å². The van der Waals surface area contributed by atoms with Gasteiger partial charge < -0.3 is 9.80 Å². The monoisotopic (exact) mass is 353 g/mol. The number of fused-ring (bicyclic) bond motifs is 1. The van der Waals surface area contributed by atoms with Crippen molar-refractivity contribution in [2.75, 3.05) is 26.7 Å². The van der Waals surface area contributed by atoms with Gasteiger partial charge in [-0.2, -0.15) is 0 Å². The van der Waals surface area contributed by atoms with E-state index in [9.17, 15) is 9.59 Å². The quantitative estimate of drug-likeness (QED) is 0.848. The summed E-state index contributed by atoms with van der Waals surface area (Å²) in [7, 11) is 1.81. The van der Waals surface area contributed by atoms with E-state index in [-0.39, 0.29) is 11.8 Å². The number of rotatable bonds is 4. The first-order valence-electron chi connectivity index (χ1n) is 9.29. The minimum atomic E-state index is -0.00643. The second-order valence-corrected chi connectivity index (χ2v) is 7.28. The van der Waals surface area contributed by atoms with Gasteiger partial charge in [0.15, 0.2) is 0 Å². The first-order chi connectivity index (χ1) is 12.4. The summed E-state index contributed by atoms with van der Waals surface area (Å²) in [6, 6.07) is 6.02. The van der Waals surface area contributed by atoms with E-state index in [1.165, 1.54) is 0 Å². The van der Waals surface area contributed by atoms with Crippen LogP contribution in [0.2, 0.25) is 0 Å². The summed E-state index contributed by atoms with van der Waals surface area (Å²) in [4.78, 5) is 33.4. The molecule has 138 valence electrons. The fourth-order valence-electron chi connectivity index (χ4n) is 3.53. The molecule has 0 N–H and O–H groups in total. The van der Waals surface area contributed by atoms with E-state index in [1.54, 1.807) is 4.90 Å². The van der Waals surface area contributed by atoms with Gasteiger partial charge in [-0.25, -0.2) is 0 Å². The van der Waals surface area contributed by atoms with Crippen LogP contribution in [-0.2, 0) is 4.79 Å². The predicted molar refractivity (Wildman–Crippen MR) is 103 cm³/mol. The predicted octanol–water partition coefficient (Wildman–Crippen LogP) is 3.24. The molecule has 5 nitrogen and oxygen atoms in total. The molecule has 0 saturated carbocycles. The van der Waals surface area contributed by atoms with Gasteiger partial charge in [-0.1, -0.05) is 11.6 Å². The van der Waals surface area contributed by atoms with E-state index >= 15 is 0 Å². The molecule has 0 radical (unpaired) electrons. The van der Waals surface area contributed by atoms with Crippen LogP contribution in [0.4, 0.5) is 0 Å². The third kappa shape index (κ3) is 3.57. The lowest BCUT2D eigenvalue weighted by molar-refractivity contribution is -0.133. The molecule has 2 heterocycles. The lowest BCUT2D eigenvalue weighted by Gasteiger charge is -2.29. The molecule has 1 aromatic heterocycles. The zero-order chi connectivity index (χ0) is 18.8. The van der Waals surface area contributed by atoms with E-state index in [1.807, 2.05) is 50.9 Å². The van der Waals surface area contributed by atoms with Crippen molar-refractivity contribution in [3.8, 4) is 0 Å². The highest BCUT2D eigenvalue weighted by molar-refractivity contribution is 6.07. The Balaban J connectivity index is 1.85. The summed E-state index contributed by atoms with van der Waals surface area (Å²) < 4.78 is 0. The maximum Gasteiger partial charge on any atom is 0.254 e. The van der Waals surface area contributed by atoms with Gasteiger partial charge >= 0.3 is 0 Å². The number of carbonyl (C=O) groups excluding carboxylic acids is 2. The fraction of sp³-hybridized carbons (Fsp3) is 0.476. The average Bonchev–Trinajstić information content (AvgIpc) is 2.62. The van der Waals surface area contributed by atoms with Gasteiger partial charge in [0, 0.05) is 44.2 Å². The SMILES string of the molecule is Cc1ccc2nc(C)c(C)c(C(=O)N(C)CCN3CCCCC3=O)c2c1. The summed E-state index contributed by atoms with van der Waals surface area (Å²) in [5.41, 5.74) is 4.49. The standard InChI is InChI=1S/C21H27N3O2/c1-14-8-9-18-17(13-14)20(15(2)16(3)22-18)21(26)23(4)11-12-24-10-6-5-7-19(24)25/h8-9,13H,5-7,10-12H2,1-4H3. The summed E-state index contributed by atoms with van der Waals surface area (Å²) in [6.45, 7) is 7.86. The van der Waals surface area contributed by atoms with Crippen molar-refractivity contribution < 1.29 is 9.59 Å². The Morgan fingerprint density at radius 1 is 1.23 bits per heavy atom. The van der Waals surface area contributed by atoms with Crippen molar-refractivity contribution in [1.82, 2.24) is 14.8 Å². The smallest absolute Gasteiger partial charge is 0.254 e. The Labute approximate surface area is 155 Å². The molecular weight excluding hydrogens is 326 g/mol. The van der Waals surface area contributed by atoms with Crippen LogP contribution in [0.1, 0.15) is 46.4 Å². The van der Waals surface area contributed by atoms with Crippen LogP contribution >= 0.6 is 0 Å². The Kier molecular flexibility index (Phi) is 5.25. The van der Waals surface area contributed by atoms with Crippen LogP contribution in [0.3, 0.4) is 0 Å². The lowest BCUT2D eigenvalue weighted by atomic mass is 9.99. The third-order valence-corrected chi connectivity index (χ3v) is 5.31. The van der Waals surface area contributed by atoms with Crippen molar-refractivity contribution in [2.24, 2.45) is 0 Å². The summed E-state index contributed by atoms with van der Waals surface area (Å²) in [5, 5.41) is 0.902. The molecule has 1 aromatic carbocycles. The van der Waals surface area contributed by atoms with Gasteiger partial charge in [0.25, 0.3) is 5.91 Å². The number of amides is 2. The number of aryl methyl sites for hydroxylation is 2. The van der Waals surface area contributed by atoms with Crippen LogP contribution in [-0.4, -0.2) is 53.3 Å². The number of likely N-dealkylation sites (N-methyl/N-ethyl adjacent to an activating group) is 1. The van der Waals surface area contributed by atoms with Crippen LogP contribution in [0.5, 0.6) is 0 Å². The van der Waals surface area contributed by atoms with Gasteiger partial charge in [0.2, 0.25) is 5.91 Å². The molecule has 1 saturated heterocycles. The number of hydrogen-bond donors (Lipinski definition) is 0. The Hall–Kier alpha value is -2.43. The first kappa shape index (κ1) is 18.4. The van der Waals surface area contributed by atoms with Gasteiger partial charge in [-0.15, -0.1) is 0 Å². The largest absolute Gasteiger partial charge is 0.341 e. The van der Waals surface area contributed by atoms with Crippen LogP contribution in [0.25, 0.3) is 10.9 Å². The zero-order valence-corrected chi connectivity index (χ0v) is 16.1. The van der Waals surface area contributed by atoms with Gasteiger partial charge in [0.1, 0.15) is 0 Å². The number of piperidine rings is 1. The average molecular weight is 353 g/mol. The maximum atomic E-state index is 13.2. The van der Waals surface area contributed by atoms with E-state index in [0.29, 0.717) is 19.5 Å². The number of aromatic nitrogens is 1. The summed E-state index contributed by atoms with van der Waals surface area (Å²) in [5.74, 6) is 0.196. The first-order valence-corrected chi connectivity index (χ1v) is 9.29. The zero-order valence-electron chi connectivity index (χ0n) is 16.1. The van der Waals surface area contributed by atoms with E-state index in [4.69, 9.17) is 0 Å². The molecule has 3 rings (SSSR count). The van der Waals surface area contributed by atoms with Crippen molar-refractivity contribution >= 4 is 22.7 Å². The normalized spacial score (nSPS) is 14.8. The number of benzene rings is 1. The second kappa shape index (κ2) is 7.44. The highest BCUT2D eigenvalue weighted by atomic mass is 16.2. The number of carbonyl (C=O) groups is 2. The molecule has 0 bridgehead atoms. The Morgan fingerprint density at radius 3 is 2.73 bits per heavy atom. The number of pyridine rings is 1. The molecule has 5 heteroatoms. The molecule has 1 aliphatic rings. The number of likely N-dealkylation sites (tertiary alicyclic amines) is 1. The molecule has 26 heavy (non-hydrogen) atoms. The summed E-state index contributed by atoms with van der Waals surface area (Å²) in [6.07, 6.45) is 2.66. The summed E-state index contributed by atoms with van der Waals surface area (Å²) >= 11 is 0. The Morgan fingerprint density at radius 2 is 2.00 bits per heavy atom. The van der Waals surface area contributed by atoms with Gasteiger partial charge in [-0.05, 0) is 51.3 Å². The molecule has 1 aliphatic heterocycles. The Bertz CT molecular complexity index is 860. The molecule has 0 unspecified atom stereocenters. The van der Waals surface area contributed by atoms with Crippen molar-refractivity contribution in [2.45, 2.75) is 40.0 Å². The van der Waals surface area contributed by atoms with Crippen LogP contribution in [0, 0.1) is 20.8 Å². The minimum Gasteiger partial charge on any atom is -0.341 e. The fourth-order valence-corrected chi connectivity index (χ4v) is 3.53.